The van der Waals surface area contributed by atoms with Crippen LogP contribution in [0.5, 0.6) is 0 Å². The zero-order chi connectivity index (χ0) is 13.3. The van der Waals surface area contributed by atoms with Gasteiger partial charge in [0.1, 0.15) is 6.04 Å². The van der Waals surface area contributed by atoms with Crippen LogP contribution in [0.4, 0.5) is 0 Å². The molecule has 1 aromatic carbocycles. The molecule has 0 bridgehead atoms. The highest BCUT2D eigenvalue weighted by atomic mass is 79.9. The van der Waals surface area contributed by atoms with E-state index in [2.05, 4.69) is 15.9 Å². The Bertz CT molecular complexity index is 501. The Morgan fingerprint density at radius 2 is 2.28 bits per heavy atom. The third-order valence-electron chi connectivity index (χ3n) is 3.19. The van der Waals surface area contributed by atoms with Gasteiger partial charge in [0.05, 0.1) is 0 Å². The Kier molecular flexibility index (Phi) is 3.71. The van der Waals surface area contributed by atoms with Gasteiger partial charge in [0, 0.05) is 17.4 Å². The molecule has 1 heterocycles. The predicted octanol–water partition coefficient (Wildman–Crippen LogP) is 2.33. The van der Waals surface area contributed by atoms with E-state index in [-0.39, 0.29) is 5.91 Å². The minimum Gasteiger partial charge on any atom is -0.480 e. The number of hydrogen-bond acceptors (Lipinski definition) is 2. The molecule has 1 aromatic rings. The number of carbonyl (C=O) groups is 2. The summed E-state index contributed by atoms with van der Waals surface area (Å²) in [6.45, 7) is 2.33. The molecule has 4 nitrogen and oxygen atoms in total. The topological polar surface area (TPSA) is 57.6 Å². The van der Waals surface area contributed by atoms with E-state index in [4.69, 9.17) is 5.11 Å². The summed E-state index contributed by atoms with van der Waals surface area (Å²) in [5, 5.41) is 9.08. The first kappa shape index (κ1) is 13.1. The third kappa shape index (κ3) is 2.56. The van der Waals surface area contributed by atoms with Crippen molar-refractivity contribution >= 4 is 27.8 Å². The molecule has 1 atom stereocenters. The first-order chi connectivity index (χ1) is 8.49. The first-order valence-electron chi connectivity index (χ1n) is 5.76. The summed E-state index contributed by atoms with van der Waals surface area (Å²) in [6, 6.07) is 5.11. The Labute approximate surface area is 114 Å². The number of nitrogens with zero attached hydrogens (tertiary/aromatic N) is 1. The quantitative estimate of drug-likeness (QED) is 0.932. The van der Waals surface area contributed by atoms with Crippen molar-refractivity contribution in [2.45, 2.75) is 32.4 Å². The molecule has 0 aromatic heterocycles. The van der Waals surface area contributed by atoms with E-state index in [0.717, 1.165) is 15.6 Å². The van der Waals surface area contributed by atoms with Gasteiger partial charge in [-0.25, -0.2) is 4.79 Å². The number of amides is 1. The lowest BCUT2D eigenvalue weighted by Crippen LogP contribution is -2.37. The molecule has 96 valence electrons. The summed E-state index contributed by atoms with van der Waals surface area (Å²) in [5.74, 6) is -1.00. The second kappa shape index (κ2) is 5.10. The van der Waals surface area contributed by atoms with E-state index in [1.165, 1.54) is 4.90 Å². The van der Waals surface area contributed by atoms with Gasteiger partial charge in [-0.3, -0.25) is 4.79 Å². The number of aryl methyl sites for hydroxylation is 1. The van der Waals surface area contributed by atoms with Crippen LogP contribution in [0.25, 0.3) is 0 Å². The van der Waals surface area contributed by atoms with Crippen molar-refractivity contribution in [3.05, 3.63) is 33.8 Å². The van der Waals surface area contributed by atoms with Crippen LogP contribution in [0, 0.1) is 6.92 Å². The standard InChI is InChI=1S/C13H14BrNO3/c1-8-6-9(2-3-10(8)14)7-15-11(13(17)18)4-5-12(15)16/h2-3,6,11H,4-5,7H2,1H3,(H,17,18). The number of likely N-dealkylation sites (tertiary alicyclic amines) is 1. The average Bonchev–Trinajstić information content (AvgIpc) is 2.66. The molecule has 1 fully saturated rings. The normalized spacial score (nSPS) is 19.3. The zero-order valence-electron chi connectivity index (χ0n) is 10.0. The SMILES string of the molecule is Cc1cc(CN2C(=O)CCC2C(=O)O)ccc1Br. The van der Waals surface area contributed by atoms with E-state index in [9.17, 15) is 9.59 Å². The molecule has 0 saturated carbocycles. The lowest BCUT2D eigenvalue weighted by Gasteiger charge is -2.21. The van der Waals surface area contributed by atoms with E-state index >= 15 is 0 Å². The molecule has 2 rings (SSSR count). The van der Waals surface area contributed by atoms with Crippen molar-refractivity contribution in [1.82, 2.24) is 4.90 Å². The maximum atomic E-state index is 11.7. The number of halogens is 1. The molecule has 1 unspecified atom stereocenters. The minimum absolute atomic E-state index is 0.0806. The molecule has 0 radical (unpaired) electrons. The predicted molar refractivity (Wildman–Crippen MR) is 70.1 cm³/mol. The van der Waals surface area contributed by atoms with Gasteiger partial charge in [0.2, 0.25) is 5.91 Å². The second-order valence-electron chi connectivity index (χ2n) is 4.50. The molecule has 18 heavy (non-hydrogen) atoms. The fourth-order valence-electron chi connectivity index (χ4n) is 2.19. The van der Waals surface area contributed by atoms with Gasteiger partial charge in [-0.2, -0.15) is 0 Å². The first-order valence-corrected chi connectivity index (χ1v) is 6.55. The zero-order valence-corrected chi connectivity index (χ0v) is 11.6. The molecular weight excluding hydrogens is 298 g/mol. The summed E-state index contributed by atoms with van der Waals surface area (Å²) in [5.41, 5.74) is 2.03. The monoisotopic (exact) mass is 311 g/mol. The van der Waals surface area contributed by atoms with Crippen molar-refractivity contribution in [3.63, 3.8) is 0 Å². The summed E-state index contributed by atoms with van der Waals surface area (Å²) in [6.07, 6.45) is 0.732. The number of carbonyl (C=O) groups excluding carboxylic acids is 1. The van der Waals surface area contributed by atoms with Gasteiger partial charge >= 0.3 is 5.97 Å². The second-order valence-corrected chi connectivity index (χ2v) is 5.35. The van der Waals surface area contributed by atoms with Crippen LogP contribution in [-0.2, 0) is 16.1 Å². The van der Waals surface area contributed by atoms with Gasteiger partial charge in [-0.15, -0.1) is 0 Å². The van der Waals surface area contributed by atoms with Crippen molar-refractivity contribution in [2.75, 3.05) is 0 Å². The molecule has 1 aliphatic heterocycles. The van der Waals surface area contributed by atoms with Crippen LogP contribution in [0.1, 0.15) is 24.0 Å². The van der Waals surface area contributed by atoms with Crippen molar-refractivity contribution in [1.29, 1.82) is 0 Å². The number of aliphatic carboxylic acids is 1. The van der Waals surface area contributed by atoms with Gasteiger partial charge in [0.25, 0.3) is 0 Å². The highest BCUT2D eigenvalue weighted by Gasteiger charge is 2.35. The van der Waals surface area contributed by atoms with Crippen molar-refractivity contribution in [3.8, 4) is 0 Å². The largest absolute Gasteiger partial charge is 0.480 e. The Morgan fingerprint density at radius 3 is 2.89 bits per heavy atom. The molecule has 1 N–H and O–H groups in total. The summed E-state index contributed by atoms with van der Waals surface area (Å²) in [7, 11) is 0. The Hall–Kier alpha value is -1.36. The molecule has 0 spiro atoms. The van der Waals surface area contributed by atoms with E-state index in [1.54, 1.807) is 0 Å². The highest BCUT2D eigenvalue weighted by Crippen LogP contribution is 2.23. The summed E-state index contributed by atoms with van der Waals surface area (Å²) >= 11 is 3.41. The van der Waals surface area contributed by atoms with Gasteiger partial charge < -0.3 is 10.0 Å². The van der Waals surface area contributed by atoms with E-state index in [1.807, 2.05) is 25.1 Å². The molecule has 1 aliphatic rings. The van der Waals surface area contributed by atoms with Gasteiger partial charge in [-0.05, 0) is 30.5 Å². The molecular formula is C13H14BrNO3. The molecule has 1 saturated heterocycles. The van der Waals surface area contributed by atoms with Crippen LogP contribution < -0.4 is 0 Å². The summed E-state index contributed by atoms with van der Waals surface area (Å²) < 4.78 is 1.01. The van der Waals surface area contributed by atoms with E-state index in [0.29, 0.717) is 19.4 Å². The number of carboxylic acids is 1. The van der Waals surface area contributed by atoms with Gasteiger partial charge in [0.15, 0.2) is 0 Å². The Balaban J connectivity index is 2.18. The Morgan fingerprint density at radius 1 is 1.56 bits per heavy atom. The van der Waals surface area contributed by atoms with Crippen LogP contribution >= 0.6 is 15.9 Å². The average molecular weight is 312 g/mol. The minimum atomic E-state index is -0.922. The summed E-state index contributed by atoms with van der Waals surface area (Å²) in [4.78, 5) is 24.2. The molecule has 0 aliphatic carbocycles. The fraction of sp³-hybridized carbons (Fsp3) is 0.385. The number of carboxylic acid groups (broad SMARTS) is 1. The fourth-order valence-corrected chi connectivity index (χ4v) is 2.44. The van der Waals surface area contributed by atoms with Crippen molar-refractivity contribution < 1.29 is 14.7 Å². The van der Waals surface area contributed by atoms with E-state index < -0.39 is 12.0 Å². The van der Waals surface area contributed by atoms with Crippen molar-refractivity contribution in [2.24, 2.45) is 0 Å². The van der Waals surface area contributed by atoms with Crippen LogP contribution in [0.3, 0.4) is 0 Å². The van der Waals surface area contributed by atoms with Crippen LogP contribution in [-0.4, -0.2) is 27.9 Å². The number of rotatable bonds is 3. The maximum absolute atomic E-state index is 11.7. The highest BCUT2D eigenvalue weighted by molar-refractivity contribution is 9.10. The lowest BCUT2D eigenvalue weighted by atomic mass is 10.1. The smallest absolute Gasteiger partial charge is 0.326 e. The number of benzene rings is 1. The van der Waals surface area contributed by atoms with Crippen LogP contribution in [0.15, 0.2) is 22.7 Å². The maximum Gasteiger partial charge on any atom is 0.326 e. The number of hydrogen-bond donors (Lipinski definition) is 1. The molecule has 5 heteroatoms. The van der Waals surface area contributed by atoms with Crippen LogP contribution in [0.2, 0.25) is 0 Å². The van der Waals surface area contributed by atoms with Gasteiger partial charge in [-0.1, -0.05) is 28.1 Å². The molecule has 1 amide bonds. The lowest BCUT2D eigenvalue weighted by molar-refractivity contribution is -0.146. The third-order valence-corrected chi connectivity index (χ3v) is 4.08.